The number of thiophene rings is 1. The lowest BCUT2D eigenvalue weighted by Crippen LogP contribution is -2.29. The zero-order valence-electron chi connectivity index (χ0n) is 14.8. The molecule has 0 saturated carbocycles. The van der Waals surface area contributed by atoms with E-state index < -0.39 is 0 Å². The van der Waals surface area contributed by atoms with Crippen molar-refractivity contribution >= 4 is 59.9 Å². The number of aryl methyl sites for hydroxylation is 2. The Morgan fingerprint density at radius 3 is 2.70 bits per heavy atom. The summed E-state index contributed by atoms with van der Waals surface area (Å²) in [4.78, 5) is 24.7. The molecule has 3 heterocycles. The Morgan fingerprint density at radius 2 is 2.00 bits per heavy atom. The SMILES string of the molecule is Cc1ccc2sc(N(Cc3cccnc3)C(=O)c3ccc(Br)s3)nc2c1C. The van der Waals surface area contributed by atoms with Crippen LogP contribution >= 0.6 is 38.6 Å². The summed E-state index contributed by atoms with van der Waals surface area (Å²) in [6.07, 6.45) is 3.52. The molecule has 27 heavy (non-hydrogen) atoms. The number of halogens is 1. The molecule has 7 heteroatoms. The predicted octanol–water partition coefficient (Wildman–Crippen LogP) is 5.98. The Hall–Kier alpha value is -2.09. The van der Waals surface area contributed by atoms with Gasteiger partial charge in [0, 0.05) is 12.4 Å². The minimum absolute atomic E-state index is 0.0528. The van der Waals surface area contributed by atoms with Gasteiger partial charge in [0.05, 0.1) is 25.4 Å². The lowest BCUT2D eigenvalue weighted by atomic mass is 10.1. The van der Waals surface area contributed by atoms with Crippen LogP contribution < -0.4 is 4.90 Å². The highest BCUT2D eigenvalue weighted by Crippen LogP contribution is 2.34. The number of hydrogen-bond donors (Lipinski definition) is 0. The monoisotopic (exact) mass is 457 g/mol. The number of benzene rings is 1. The molecule has 0 unspecified atom stereocenters. The second kappa shape index (κ2) is 7.50. The highest BCUT2D eigenvalue weighted by atomic mass is 79.9. The van der Waals surface area contributed by atoms with E-state index in [4.69, 9.17) is 4.98 Å². The first-order chi connectivity index (χ1) is 13.0. The van der Waals surface area contributed by atoms with E-state index >= 15 is 0 Å². The number of anilines is 1. The number of nitrogens with zero attached hydrogens (tertiary/aromatic N) is 3. The average Bonchev–Trinajstić information content (AvgIpc) is 3.30. The predicted molar refractivity (Wildman–Crippen MR) is 116 cm³/mol. The maximum atomic E-state index is 13.3. The van der Waals surface area contributed by atoms with Gasteiger partial charge in [-0.05, 0) is 70.7 Å². The molecular weight excluding hydrogens is 442 g/mol. The van der Waals surface area contributed by atoms with Gasteiger partial charge in [-0.3, -0.25) is 14.7 Å². The number of pyridine rings is 1. The smallest absolute Gasteiger partial charge is 0.270 e. The van der Waals surface area contributed by atoms with Crippen molar-refractivity contribution in [3.05, 3.63) is 74.1 Å². The zero-order chi connectivity index (χ0) is 19.0. The third-order valence-corrected chi connectivity index (χ3v) is 7.05. The van der Waals surface area contributed by atoms with Crippen LogP contribution in [0.25, 0.3) is 10.2 Å². The Labute approximate surface area is 173 Å². The fourth-order valence-corrected chi connectivity index (χ4v) is 5.15. The molecule has 0 fully saturated rings. The molecule has 4 nitrogen and oxygen atoms in total. The van der Waals surface area contributed by atoms with Crippen LogP contribution in [0, 0.1) is 13.8 Å². The number of thiazole rings is 1. The van der Waals surface area contributed by atoms with Crippen LogP contribution in [0.15, 0.2) is 52.6 Å². The third-order valence-electron chi connectivity index (χ3n) is 4.40. The molecule has 0 atom stereocenters. The van der Waals surface area contributed by atoms with Gasteiger partial charge in [0.1, 0.15) is 0 Å². The van der Waals surface area contributed by atoms with Crippen molar-refractivity contribution in [2.24, 2.45) is 0 Å². The Morgan fingerprint density at radius 1 is 1.15 bits per heavy atom. The minimum Gasteiger partial charge on any atom is -0.279 e. The van der Waals surface area contributed by atoms with Gasteiger partial charge in [-0.2, -0.15) is 0 Å². The molecule has 1 aromatic carbocycles. The summed E-state index contributed by atoms with van der Waals surface area (Å²) < 4.78 is 2.02. The van der Waals surface area contributed by atoms with E-state index in [1.165, 1.54) is 16.9 Å². The molecule has 0 spiro atoms. The van der Waals surface area contributed by atoms with Crippen molar-refractivity contribution in [3.63, 3.8) is 0 Å². The standard InChI is InChI=1S/C20H16BrN3OS2/c1-12-5-6-15-18(13(12)2)23-20(27-15)24(11-14-4-3-9-22-10-14)19(25)16-7-8-17(21)26-16/h3-10H,11H2,1-2H3. The number of aromatic nitrogens is 2. The molecule has 0 N–H and O–H groups in total. The fraction of sp³-hybridized carbons (Fsp3) is 0.150. The maximum Gasteiger partial charge on any atom is 0.270 e. The summed E-state index contributed by atoms with van der Waals surface area (Å²) in [5.74, 6) is -0.0528. The van der Waals surface area contributed by atoms with Gasteiger partial charge >= 0.3 is 0 Å². The van der Waals surface area contributed by atoms with Crippen LogP contribution in [0.5, 0.6) is 0 Å². The van der Waals surface area contributed by atoms with E-state index in [0.29, 0.717) is 16.6 Å². The van der Waals surface area contributed by atoms with E-state index in [1.54, 1.807) is 28.6 Å². The first-order valence-corrected chi connectivity index (χ1v) is 10.8. The van der Waals surface area contributed by atoms with Gasteiger partial charge in [-0.15, -0.1) is 11.3 Å². The van der Waals surface area contributed by atoms with E-state index in [2.05, 4.69) is 46.9 Å². The summed E-state index contributed by atoms with van der Waals surface area (Å²) in [5.41, 5.74) is 4.29. The first-order valence-electron chi connectivity index (χ1n) is 8.36. The highest BCUT2D eigenvalue weighted by Gasteiger charge is 2.23. The van der Waals surface area contributed by atoms with Crippen molar-refractivity contribution in [2.75, 3.05) is 4.90 Å². The third kappa shape index (κ3) is 3.67. The molecule has 0 aliphatic rings. The number of carbonyl (C=O) groups is 1. The summed E-state index contributed by atoms with van der Waals surface area (Å²) in [5, 5.41) is 0.706. The van der Waals surface area contributed by atoms with Crippen molar-refractivity contribution < 1.29 is 4.79 Å². The number of hydrogen-bond acceptors (Lipinski definition) is 5. The number of fused-ring (bicyclic) bond motifs is 1. The topological polar surface area (TPSA) is 46.1 Å². The Kier molecular flexibility index (Phi) is 5.08. The fourth-order valence-electron chi connectivity index (χ4n) is 2.79. The summed E-state index contributed by atoms with van der Waals surface area (Å²) in [6.45, 7) is 4.58. The number of amides is 1. The minimum atomic E-state index is -0.0528. The van der Waals surface area contributed by atoms with Gasteiger partial charge in [-0.25, -0.2) is 4.98 Å². The zero-order valence-corrected chi connectivity index (χ0v) is 18.0. The van der Waals surface area contributed by atoms with E-state index in [1.807, 2.05) is 24.3 Å². The molecule has 0 aliphatic carbocycles. The molecule has 136 valence electrons. The largest absolute Gasteiger partial charge is 0.279 e. The molecular formula is C20H16BrN3OS2. The van der Waals surface area contributed by atoms with Crippen LogP contribution in [0.1, 0.15) is 26.4 Å². The molecule has 3 aromatic heterocycles. The van der Waals surface area contributed by atoms with E-state index in [0.717, 1.165) is 25.1 Å². The number of carbonyl (C=O) groups excluding carboxylic acids is 1. The first kappa shape index (κ1) is 18.3. The summed E-state index contributed by atoms with van der Waals surface area (Å²) >= 11 is 6.42. The van der Waals surface area contributed by atoms with Crippen molar-refractivity contribution in [3.8, 4) is 0 Å². The Balaban J connectivity index is 1.79. The molecule has 0 bridgehead atoms. The second-order valence-corrected chi connectivity index (χ2v) is 9.68. The Bertz CT molecular complexity index is 1120. The lowest BCUT2D eigenvalue weighted by molar-refractivity contribution is 0.0989. The summed E-state index contributed by atoms with van der Waals surface area (Å²) in [6, 6.07) is 11.8. The number of rotatable bonds is 4. The molecule has 0 saturated heterocycles. The normalized spacial score (nSPS) is 11.1. The van der Waals surface area contributed by atoms with Crippen LogP contribution in [0.3, 0.4) is 0 Å². The van der Waals surface area contributed by atoms with Gasteiger partial charge in [0.25, 0.3) is 5.91 Å². The summed E-state index contributed by atoms with van der Waals surface area (Å²) in [7, 11) is 0. The van der Waals surface area contributed by atoms with Crippen LogP contribution in [0.4, 0.5) is 5.13 Å². The molecule has 1 amide bonds. The van der Waals surface area contributed by atoms with Crippen molar-refractivity contribution in [2.45, 2.75) is 20.4 Å². The van der Waals surface area contributed by atoms with Gasteiger partial charge in [0.2, 0.25) is 0 Å². The highest BCUT2D eigenvalue weighted by molar-refractivity contribution is 9.11. The average molecular weight is 458 g/mol. The van der Waals surface area contributed by atoms with Crippen molar-refractivity contribution in [1.29, 1.82) is 0 Å². The molecule has 0 aliphatic heterocycles. The van der Waals surface area contributed by atoms with Crippen LogP contribution in [-0.4, -0.2) is 15.9 Å². The van der Waals surface area contributed by atoms with Crippen LogP contribution in [-0.2, 0) is 6.54 Å². The maximum absolute atomic E-state index is 13.3. The van der Waals surface area contributed by atoms with Crippen molar-refractivity contribution in [1.82, 2.24) is 9.97 Å². The molecule has 4 aromatic rings. The lowest BCUT2D eigenvalue weighted by Gasteiger charge is -2.19. The van der Waals surface area contributed by atoms with Gasteiger partial charge < -0.3 is 0 Å². The van der Waals surface area contributed by atoms with Gasteiger partial charge in [-0.1, -0.05) is 23.5 Å². The van der Waals surface area contributed by atoms with Crippen LogP contribution in [0.2, 0.25) is 0 Å². The molecule has 0 radical (unpaired) electrons. The van der Waals surface area contributed by atoms with E-state index in [-0.39, 0.29) is 5.91 Å². The molecule has 4 rings (SSSR count). The van der Waals surface area contributed by atoms with E-state index in [9.17, 15) is 4.79 Å². The second-order valence-electron chi connectivity index (χ2n) is 6.21. The quantitative estimate of drug-likeness (QED) is 0.378. The van der Waals surface area contributed by atoms with Gasteiger partial charge in [0.15, 0.2) is 5.13 Å².